The van der Waals surface area contributed by atoms with Crippen molar-refractivity contribution >= 4 is 16.7 Å². The number of benzene rings is 1. The van der Waals surface area contributed by atoms with Gasteiger partial charge in [-0.05, 0) is 18.2 Å². The molecule has 0 aliphatic heterocycles. The second-order valence-corrected chi connectivity index (χ2v) is 4.14. The van der Waals surface area contributed by atoms with E-state index in [4.69, 9.17) is 0 Å². The minimum Gasteiger partial charge on any atom is -0.293 e. The van der Waals surface area contributed by atoms with Gasteiger partial charge in [-0.15, -0.1) is 0 Å². The van der Waals surface area contributed by atoms with Crippen LogP contribution < -0.4 is 0 Å². The fourth-order valence-corrected chi connectivity index (χ4v) is 1.89. The number of rotatable bonds is 2. The zero-order chi connectivity index (χ0) is 12.5. The molecule has 0 atom stereocenters. The van der Waals surface area contributed by atoms with Crippen LogP contribution in [0.2, 0.25) is 0 Å². The number of fused-ring (bicyclic) bond motifs is 1. The zero-order valence-electron chi connectivity index (χ0n) is 9.84. The Morgan fingerprint density at radius 1 is 1.22 bits per heavy atom. The van der Waals surface area contributed by atoms with Crippen LogP contribution in [0.15, 0.2) is 42.6 Å². The molecule has 0 spiro atoms. The maximum absolute atomic E-state index is 11.3. The molecule has 0 amide bonds. The molecule has 3 rings (SSSR count). The Kier molecular flexibility index (Phi) is 2.41. The molecule has 0 aliphatic rings. The van der Waals surface area contributed by atoms with E-state index in [0.29, 0.717) is 5.69 Å². The number of carbonyl (C=O) groups is 1. The lowest BCUT2D eigenvalue weighted by molar-refractivity contribution is 0.101. The molecule has 0 saturated heterocycles. The number of H-pyrrole nitrogens is 1. The average Bonchev–Trinajstić information content (AvgIpc) is 2.86. The Bertz CT molecular complexity index is 730. The number of carbonyl (C=O) groups excluding carboxylic acids is 1. The Morgan fingerprint density at radius 2 is 2.11 bits per heavy atom. The minimum atomic E-state index is -0.0283. The van der Waals surface area contributed by atoms with E-state index in [9.17, 15) is 4.79 Å². The monoisotopic (exact) mass is 237 g/mol. The summed E-state index contributed by atoms with van der Waals surface area (Å²) in [6, 6.07) is 11.4. The van der Waals surface area contributed by atoms with Crippen LogP contribution in [0, 0.1) is 0 Å². The first-order valence-corrected chi connectivity index (χ1v) is 5.65. The number of Topliss-reactive ketones (excluding diaryl/α,β-unsaturated/α-hetero) is 1. The molecule has 2 heterocycles. The van der Waals surface area contributed by atoms with Crippen molar-refractivity contribution in [3.8, 4) is 11.3 Å². The zero-order valence-corrected chi connectivity index (χ0v) is 9.84. The van der Waals surface area contributed by atoms with Crippen LogP contribution in [-0.4, -0.2) is 21.0 Å². The van der Waals surface area contributed by atoms with Gasteiger partial charge in [0.05, 0.1) is 17.4 Å². The highest BCUT2D eigenvalue weighted by Crippen LogP contribution is 2.21. The molecule has 0 radical (unpaired) electrons. The SMILES string of the molecule is CC(=O)c1cccc(-c2ccc3cn[nH]c3c2)n1. The van der Waals surface area contributed by atoms with Gasteiger partial charge in [0.25, 0.3) is 0 Å². The summed E-state index contributed by atoms with van der Waals surface area (Å²) in [5.41, 5.74) is 3.20. The third-order valence-corrected chi connectivity index (χ3v) is 2.85. The quantitative estimate of drug-likeness (QED) is 0.697. The first-order valence-electron chi connectivity index (χ1n) is 5.65. The summed E-state index contributed by atoms with van der Waals surface area (Å²) >= 11 is 0. The number of aromatic amines is 1. The smallest absolute Gasteiger partial charge is 0.178 e. The minimum absolute atomic E-state index is 0.0283. The normalized spacial score (nSPS) is 10.7. The van der Waals surface area contributed by atoms with E-state index in [0.717, 1.165) is 22.2 Å². The second-order valence-electron chi connectivity index (χ2n) is 4.14. The van der Waals surface area contributed by atoms with Gasteiger partial charge in [0.1, 0.15) is 5.69 Å². The van der Waals surface area contributed by atoms with Crippen LogP contribution >= 0.6 is 0 Å². The lowest BCUT2D eigenvalue weighted by Gasteiger charge is -2.02. The van der Waals surface area contributed by atoms with Crippen molar-refractivity contribution in [1.82, 2.24) is 15.2 Å². The molecule has 4 heteroatoms. The summed E-state index contributed by atoms with van der Waals surface area (Å²) in [6.45, 7) is 1.52. The average molecular weight is 237 g/mol. The van der Waals surface area contributed by atoms with Crippen LogP contribution in [0.1, 0.15) is 17.4 Å². The van der Waals surface area contributed by atoms with Crippen molar-refractivity contribution in [3.63, 3.8) is 0 Å². The largest absolute Gasteiger partial charge is 0.293 e. The van der Waals surface area contributed by atoms with Gasteiger partial charge in [0.15, 0.2) is 5.78 Å². The van der Waals surface area contributed by atoms with Crippen LogP contribution in [0.25, 0.3) is 22.2 Å². The lowest BCUT2D eigenvalue weighted by Crippen LogP contribution is -1.97. The summed E-state index contributed by atoms with van der Waals surface area (Å²) in [7, 11) is 0. The highest BCUT2D eigenvalue weighted by Gasteiger charge is 2.05. The Morgan fingerprint density at radius 3 is 2.94 bits per heavy atom. The van der Waals surface area contributed by atoms with Crippen molar-refractivity contribution in [2.75, 3.05) is 0 Å². The van der Waals surface area contributed by atoms with E-state index in [2.05, 4.69) is 15.2 Å². The standard InChI is InChI=1S/C14H11N3O/c1-9(18)12-3-2-4-13(16-12)10-5-6-11-8-15-17-14(11)7-10/h2-8H,1H3,(H,15,17). The number of pyridine rings is 1. The highest BCUT2D eigenvalue weighted by molar-refractivity contribution is 5.92. The summed E-state index contributed by atoms with van der Waals surface area (Å²) in [6.07, 6.45) is 1.78. The highest BCUT2D eigenvalue weighted by atomic mass is 16.1. The Labute approximate surface area is 104 Å². The molecule has 1 N–H and O–H groups in total. The molecule has 3 aromatic rings. The summed E-state index contributed by atoms with van der Waals surface area (Å²) < 4.78 is 0. The van der Waals surface area contributed by atoms with Crippen molar-refractivity contribution < 1.29 is 4.79 Å². The first kappa shape index (κ1) is 10.7. The molecule has 18 heavy (non-hydrogen) atoms. The predicted molar refractivity (Wildman–Crippen MR) is 69.3 cm³/mol. The second kappa shape index (κ2) is 4.07. The van der Waals surface area contributed by atoms with E-state index in [-0.39, 0.29) is 5.78 Å². The number of ketones is 1. The summed E-state index contributed by atoms with van der Waals surface area (Å²) in [5, 5.41) is 7.96. The third kappa shape index (κ3) is 1.78. The lowest BCUT2D eigenvalue weighted by atomic mass is 10.1. The van der Waals surface area contributed by atoms with E-state index >= 15 is 0 Å². The third-order valence-electron chi connectivity index (χ3n) is 2.85. The maximum atomic E-state index is 11.3. The van der Waals surface area contributed by atoms with Crippen molar-refractivity contribution in [3.05, 3.63) is 48.3 Å². The molecule has 0 aliphatic carbocycles. The Hall–Kier alpha value is -2.49. The van der Waals surface area contributed by atoms with Gasteiger partial charge in [-0.3, -0.25) is 9.89 Å². The van der Waals surface area contributed by atoms with Crippen LogP contribution in [0.4, 0.5) is 0 Å². The van der Waals surface area contributed by atoms with Crippen molar-refractivity contribution in [2.45, 2.75) is 6.92 Å². The molecule has 2 aromatic heterocycles. The van der Waals surface area contributed by atoms with Gasteiger partial charge in [-0.25, -0.2) is 4.98 Å². The van der Waals surface area contributed by atoms with Gasteiger partial charge >= 0.3 is 0 Å². The maximum Gasteiger partial charge on any atom is 0.178 e. The molecule has 0 saturated carbocycles. The number of aromatic nitrogens is 3. The van der Waals surface area contributed by atoms with Crippen LogP contribution in [-0.2, 0) is 0 Å². The van der Waals surface area contributed by atoms with Crippen molar-refractivity contribution in [1.29, 1.82) is 0 Å². The number of hydrogen-bond acceptors (Lipinski definition) is 3. The van der Waals surface area contributed by atoms with Crippen molar-refractivity contribution in [2.24, 2.45) is 0 Å². The molecule has 1 aromatic carbocycles. The van der Waals surface area contributed by atoms with Gasteiger partial charge in [0, 0.05) is 17.9 Å². The van der Waals surface area contributed by atoms with Gasteiger partial charge in [-0.1, -0.05) is 18.2 Å². The fourth-order valence-electron chi connectivity index (χ4n) is 1.89. The van der Waals surface area contributed by atoms with Crippen LogP contribution in [0.5, 0.6) is 0 Å². The number of nitrogens with one attached hydrogen (secondary N) is 1. The summed E-state index contributed by atoms with van der Waals surface area (Å²) in [4.78, 5) is 15.7. The Balaban J connectivity index is 2.13. The number of nitrogens with zero attached hydrogens (tertiary/aromatic N) is 2. The van der Waals surface area contributed by atoms with Gasteiger partial charge < -0.3 is 0 Å². The molecular formula is C14H11N3O. The van der Waals surface area contributed by atoms with E-state index in [1.54, 1.807) is 12.3 Å². The molecule has 0 bridgehead atoms. The fraction of sp³-hybridized carbons (Fsp3) is 0.0714. The number of hydrogen-bond donors (Lipinski definition) is 1. The van der Waals surface area contributed by atoms with Gasteiger partial charge in [0.2, 0.25) is 0 Å². The van der Waals surface area contributed by atoms with E-state index in [1.165, 1.54) is 6.92 Å². The van der Waals surface area contributed by atoms with E-state index in [1.807, 2.05) is 30.3 Å². The molecule has 4 nitrogen and oxygen atoms in total. The van der Waals surface area contributed by atoms with Crippen LogP contribution in [0.3, 0.4) is 0 Å². The first-order chi connectivity index (χ1) is 8.74. The predicted octanol–water partition coefficient (Wildman–Crippen LogP) is 2.83. The molecule has 0 fully saturated rings. The topological polar surface area (TPSA) is 58.6 Å². The summed E-state index contributed by atoms with van der Waals surface area (Å²) in [5.74, 6) is -0.0283. The van der Waals surface area contributed by atoms with E-state index < -0.39 is 0 Å². The molecule has 88 valence electrons. The molecule has 0 unspecified atom stereocenters. The molecular weight excluding hydrogens is 226 g/mol. The van der Waals surface area contributed by atoms with Gasteiger partial charge in [-0.2, -0.15) is 5.10 Å².